The van der Waals surface area contributed by atoms with Gasteiger partial charge in [0.15, 0.2) is 0 Å². The maximum atomic E-state index is 11.3. The van der Waals surface area contributed by atoms with Crippen LogP contribution in [0.15, 0.2) is 0 Å². The van der Waals surface area contributed by atoms with Crippen LogP contribution in [0.25, 0.3) is 0 Å². The second-order valence-corrected chi connectivity index (χ2v) is 5.15. The van der Waals surface area contributed by atoms with Crippen molar-refractivity contribution in [3.8, 4) is 0 Å². The lowest BCUT2D eigenvalue weighted by Crippen LogP contribution is -2.57. The fraction of sp³-hybridized carbons (Fsp3) is 0.889. The number of nitrogens with zero attached hydrogens (tertiary/aromatic N) is 1. The highest BCUT2D eigenvalue weighted by atomic mass is 32.2. The lowest BCUT2D eigenvalue weighted by molar-refractivity contribution is -0.860. The Morgan fingerprint density at radius 3 is 1.94 bits per heavy atom. The van der Waals surface area contributed by atoms with Gasteiger partial charge in [0.2, 0.25) is 0 Å². The molecule has 16 heavy (non-hydrogen) atoms. The molecular weight excluding hydrogens is 234 g/mol. The Morgan fingerprint density at radius 1 is 1.38 bits per heavy atom. The molecule has 96 valence electrons. The zero-order valence-electron chi connectivity index (χ0n) is 9.93. The highest BCUT2D eigenvalue weighted by molar-refractivity contribution is 7.84. The van der Waals surface area contributed by atoms with E-state index in [2.05, 4.69) is 6.92 Å². The maximum Gasteiger partial charge on any atom is 0.310 e. The Labute approximate surface area is 96.5 Å². The van der Waals surface area contributed by atoms with Crippen molar-refractivity contribution in [1.82, 2.24) is 0 Å². The Kier molecular flexibility index (Phi) is 6.09. The molecule has 0 aromatic rings. The second-order valence-electron chi connectivity index (χ2n) is 3.74. The fourth-order valence-electron chi connectivity index (χ4n) is 1.55. The van der Waals surface area contributed by atoms with E-state index in [4.69, 9.17) is 17.7 Å². The molecule has 6 nitrogen and oxygen atoms in total. The predicted octanol–water partition coefficient (Wildman–Crippen LogP) is -0.439. The van der Waals surface area contributed by atoms with Gasteiger partial charge >= 0.3 is 5.91 Å². The van der Waals surface area contributed by atoms with Crippen LogP contribution in [0.4, 0.5) is 0 Å². The average molecular weight is 253 g/mol. The number of quaternary nitrogens is 1. The molecule has 0 atom stereocenters. The minimum Gasteiger partial charge on any atom is -0.748 e. The van der Waals surface area contributed by atoms with Gasteiger partial charge in [0.05, 0.1) is 36.8 Å². The molecule has 0 aliphatic carbocycles. The summed E-state index contributed by atoms with van der Waals surface area (Å²) < 4.78 is 33.0. The number of hydrogen-bond acceptors (Lipinski definition) is 5. The molecule has 0 aromatic heterocycles. The Hall–Kier alpha value is -0.500. The predicted molar refractivity (Wildman–Crippen MR) is 57.7 cm³/mol. The van der Waals surface area contributed by atoms with E-state index in [1.165, 1.54) is 0 Å². The summed E-state index contributed by atoms with van der Waals surface area (Å²) in [5, 5.41) is 0. The second kappa shape index (κ2) is 6.29. The van der Waals surface area contributed by atoms with Crippen LogP contribution in [-0.2, 0) is 19.6 Å². The topological polar surface area (TPSA) is 83.5 Å². The van der Waals surface area contributed by atoms with Crippen LogP contribution >= 0.6 is 0 Å². The van der Waals surface area contributed by atoms with E-state index in [1.54, 1.807) is 6.92 Å². The number of morpholine rings is 1. The third-order valence-corrected chi connectivity index (χ3v) is 2.60. The van der Waals surface area contributed by atoms with Gasteiger partial charge in [-0.05, 0) is 6.92 Å². The Morgan fingerprint density at radius 2 is 1.75 bits per heavy atom. The summed E-state index contributed by atoms with van der Waals surface area (Å²) in [7, 11) is -3.92. The van der Waals surface area contributed by atoms with Gasteiger partial charge in [-0.1, -0.05) is 0 Å². The Balaban J connectivity index is 0.000000385. The molecule has 7 heteroatoms. The Bertz CT molecular complexity index is 311. The molecule has 0 spiro atoms. The van der Waals surface area contributed by atoms with Gasteiger partial charge in [0, 0.05) is 6.26 Å². The lowest BCUT2D eigenvalue weighted by Gasteiger charge is -2.36. The van der Waals surface area contributed by atoms with E-state index in [-0.39, 0.29) is 5.91 Å². The van der Waals surface area contributed by atoms with Gasteiger partial charge < -0.3 is 9.29 Å². The molecule has 1 rings (SSSR count). The lowest BCUT2D eigenvalue weighted by atomic mass is 10.3. The van der Waals surface area contributed by atoms with Crippen LogP contribution in [0.1, 0.15) is 13.8 Å². The summed E-state index contributed by atoms with van der Waals surface area (Å²) in [6, 6.07) is 0. The minimum absolute atomic E-state index is 0.274. The fourth-order valence-corrected chi connectivity index (χ4v) is 1.55. The summed E-state index contributed by atoms with van der Waals surface area (Å²) in [5.41, 5.74) is 0. The maximum absolute atomic E-state index is 11.3. The van der Waals surface area contributed by atoms with E-state index < -0.39 is 10.1 Å². The molecule has 0 bridgehead atoms. The number of likely N-dealkylation sites (N-methyl/N-ethyl adjacent to an activating group) is 1. The van der Waals surface area contributed by atoms with Crippen LogP contribution in [-0.4, -0.2) is 62.5 Å². The summed E-state index contributed by atoms with van der Waals surface area (Å²) in [6.45, 7) is 7.80. The molecule has 1 amide bonds. The number of carbonyl (C=O) groups excluding carboxylic acids is 1. The molecule has 1 fully saturated rings. The first-order valence-corrected chi connectivity index (χ1v) is 6.89. The average Bonchev–Trinajstić information content (AvgIpc) is 2.16. The van der Waals surface area contributed by atoms with Crippen LogP contribution in [0.2, 0.25) is 0 Å². The van der Waals surface area contributed by atoms with Crippen LogP contribution in [0.5, 0.6) is 0 Å². The van der Waals surface area contributed by atoms with Crippen molar-refractivity contribution in [3.05, 3.63) is 0 Å². The first kappa shape index (κ1) is 15.5. The number of ether oxygens (including phenoxy) is 1. The van der Waals surface area contributed by atoms with Crippen LogP contribution < -0.4 is 0 Å². The molecule has 1 aliphatic heterocycles. The van der Waals surface area contributed by atoms with Crippen LogP contribution in [0, 0.1) is 0 Å². The molecule has 0 radical (unpaired) electrons. The van der Waals surface area contributed by atoms with E-state index in [1.807, 2.05) is 0 Å². The van der Waals surface area contributed by atoms with Crippen molar-refractivity contribution in [2.45, 2.75) is 13.8 Å². The van der Waals surface area contributed by atoms with Gasteiger partial charge in [0.1, 0.15) is 13.1 Å². The third kappa shape index (κ3) is 6.16. The molecule has 0 N–H and O–H groups in total. The molecule has 1 aliphatic rings. The first-order valence-electron chi connectivity index (χ1n) is 5.07. The van der Waals surface area contributed by atoms with E-state index in [0.717, 1.165) is 32.8 Å². The van der Waals surface area contributed by atoms with Crippen molar-refractivity contribution < 1.29 is 27.0 Å². The normalized spacial score (nSPS) is 19.5. The minimum atomic E-state index is -3.92. The molecule has 0 saturated carbocycles. The zero-order chi connectivity index (χ0) is 12.8. The highest BCUT2D eigenvalue weighted by Crippen LogP contribution is 2.10. The number of amides is 1. The standard InChI is InChI=1S/C8H16NO2.CH4O3S/c1-3-9(8(2)10)4-6-11-7-5-9;1-5(2,3)4/h3-7H2,1-2H3;1H3,(H,2,3,4)/q+1;/p-1. The molecular formula is C9H19NO5S. The SMILES string of the molecule is CC[N+]1(C(C)=O)CCOCC1.CS(=O)(=O)[O-]. The van der Waals surface area contributed by atoms with Crippen molar-refractivity contribution in [2.24, 2.45) is 0 Å². The monoisotopic (exact) mass is 253 g/mol. The number of rotatable bonds is 1. The third-order valence-electron chi connectivity index (χ3n) is 2.60. The van der Waals surface area contributed by atoms with Crippen molar-refractivity contribution >= 4 is 16.0 Å². The molecule has 0 aromatic carbocycles. The first-order chi connectivity index (χ1) is 7.21. The van der Waals surface area contributed by atoms with Crippen molar-refractivity contribution in [3.63, 3.8) is 0 Å². The molecule has 1 saturated heterocycles. The van der Waals surface area contributed by atoms with E-state index >= 15 is 0 Å². The summed E-state index contributed by atoms with van der Waals surface area (Å²) in [5.74, 6) is 0.274. The highest BCUT2D eigenvalue weighted by Gasteiger charge is 2.33. The van der Waals surface area contributed by atoms with Gasteiger partial charge in [-0.25, -0.2) is 13.2 Å². The molecule has 0 unspecified atom stereocenters. The van der Waals surface area contributed by atoms with Crippen molar-refractivity contribution in [2.75, 3.05) is 39.1 Å². The number of hydrogen-bond donors (Lipinski definition) is 0. The summed E-state index contributed by atoms with van der Waals surface area (Å²) >= 11 is 0. The van der Waals surface area contributed by atoms with E-state index in [9.17, 15) is 4.79 Å². The largest absolute Gasteiger partial charge is 0.748 e. The van der Waals surface area contributed by atoms with Gasteiger partial charge in [-0.3, -0.25) is 4.48 Å². The zero-order valence-corrected chi connectivity index (χ0v) is 10.7. The van der Waals surface area contributed by atoms with Crippen LogP contribution in [0.3, 0.4) is 0 Å². The van der Waals surface area contributed by atoms with Gasteiger partial charge in [0.25, 0.3) is 0 Å². The smallest absolute Gasteiger partial charge is 0.310 e. The van der Waals surface area contributed by atoms with Gasteiger partial charge in [-0.15, -0.1) is 0 Å². The summed E-state index contributed by atoms with van der Waals surface area (Å²) in [6.07, 6.45) is 0.604. The van der Waals surface area contributed by atoms with Gasteiger partial charge in [-0.2, -0.15) is 0 Å². The quantitative estimate of drug-likeness (QED) is 0.467. The summed E-state index contributed by atoms with van der Waals surface area (Å²) in [4.78, 5) is 11.3. The van der Waals surface area contributed by atoms with E-state index in [0.29, 0.717) is 10.7 Å². The number of carbonyl (C=O) groups is 1. The molecule has 1 heterocycles. The van der Waals surface area contributed by atoms with Crippen molar-refractivity contribution in [1.29, 1.82) is 0 Å².